The van der Waals surface area contributed by atoms with E-state index in [2.05, 4.69) is 63.7 Å². The average molecular weight is 669 g/mol. The Hall–Kier alpha value is -0.290. The van der Waals surface area contributed by atoms with E-state index in [1.807, 2.05) is 0 Å². The molecule has 0 saturated heterocycles. The molecule has 1 atom stereocenters. The molecule has 0 bridgehead atoms. The van der Waals surface area contributed by atoms with Gasteiger partial charge in [-0.2, -0.15) is 0 Å². The number of hydrogen-bond acceptors (Lipinski definition) is 3. The van der Waals surface area contributed by atoms with Gasteiger partial charge in [-0.1, -0.05) is 46.9 Å². The van der Waals surface area contributed by atoms with Crippen LogP contribution < -0.4 is 20.7 Å². The van der Waals surface area contributed by atoms with Crippen molar-refractivity contribution in [1.82, 2.24) is 10.6 Å². The first-order chi connectivity index (χ1) is 13.5. The Morgan fingerprint density at radius 1 is 1.07 bits per heavy atom. The summed E-state index contributed by atoms with van der Waals surface area (Å²) in [5.41, 5.74) is 1.01. The van der Waals surface area contributed by atoms with Crippen LogP contribution in [0.25, 0.3) is 0 Å². The quantitative estimate of drug-likeness (QED) is 0.196. The van der Waals surface area contributed by atoms with Crippen LogP contribution in [-0.4, -0.2) is 28.1 Å². The number of methoxy groups -OCH3 is 1. The first-order valence-electron chi connectivity index (χ1n) is 7.75. The number of carbonyl (C=O) groups is 1. The summed E-state index contributed by atoms with van der Waals surface area (Å²) in [4.78, 5) is 12.6. The van der Waals surface area contributed by atoms with Crippen molar-refractivity contribution in [2.75, 3.05) is 12.4 Å². The third-order valence-electron chi connectivity index (χ3n) is 3.49. The molecule has 2 aromatic carbocycles. The predicted octanol–water partition coefficient (Wildman–Crippen LogP) is 6.40. The molecule has 0 saturated carbocycles. The molecule has 5 nitrogen and oxygen atoms in total. The number of rotatable bonds is 5. The van der Waals surface area contributed by atoms with Crippen LogP contribution in [0, 0.1) is 0 Å². The van der Waals surface area contributed by atoms with Crippen LogP contribution in [-0.2, 0) is 0 Å². The van der Waals surface area contributed by atoms with Crippen LogP contribution in [0.3, 0.4) is 0 Å². The average Bonchev–Trinajstić information content (AvgIpc) is 2.63. The van der Waals surface area contributed by atoms with Crippen molar-refractivity contribution in [2.24, 2.45) is 0 Å². The van der Waals surface area contributed by atoms with Crippen molar-refractivity contribution in [3.63, 3.8) is 0 Å². The van der Waals surface area contributed by atoms with E-state index in [1.165, 1.54) is 0 Å². The number of alkyl halides is 3. The fourth-order valence-corrected chi connectivity index (χ4v) is 4.48. The minimum absolute atomic E-state index is 0.125. The van der Waals surface area contributed by atoms with E-state index in [-0.39, 0.29) is 5.11 Å². The van der Waals surface area contributed by atoms with Gasteiger partial charge >= 0.3 is 0 Å². The highest BCUT2D eigenvalue weighted by Crippen LogP contribution is 2.35. The zero-order chi connectivity index (χ0) is 21.8. The molecule has 2 rings (SSSR count). The number of carbonyl (C=O) groups excluding carboxylic acids is 1. The number of halogens is 6. The molecule has 12 heteroatoms. The maximum Gasteiger partial charge on any atom is 0.254 e. The lowest BCUT2D eigenvalue weighted by atomic mass is 10.2. The zero-order valence-electron chi connectivity index (χ0n) is 14.5. The molecule has 3 N–H and O–H groups in total. The second kappa shape index (κ2) is 10.8. The van der Waals surface area contributed by atoms with Gasteiger partial charge in [0.05, 0.1) is 18.4 Å². The van der Waals surface area contributed by atoms with E-state index in [0.29, 0.717) is 30.4 Å². The lowest BCUT2D eigenvalue weighted by Gasteiger charge is -2.28. The predicted molar refractivity (Wildman–Crippen MR) is 133 cm³/mol. The first kappa shape index (κ1) is 25.0. The molecule has 0 aliphatic rings. The van der Waals surface area contributed by atoms with Crippen molar-refractivity contribution in [1.29, 1.82) is 0 Å². The summed E-state index contributed by atoms with van der Waals surface area (Å²) in [6.45, 7) is 0. The Labute approximate surface area is 213 Å². The standard InChI is InChI=1S/C17H13Br3Cl3N3O2S/c1-28-8-6-11(19)13(12(20)7-8)24-16(29)26-15(17(21,22)23)25-14(27)9-4-2-3-5-10(9)18/h2-7,15H,1H3,(H,25,27)(H2,24,26,29)/t15-/m0/s1. The SMILES string of the molecule is COc1cc(Br)c(NC(=S)N[C@H](NC(=O)c2ccccc2Br)C(Cl)(Cl)Cl)c(Br)c1. The largest absolute Gasteiger partial charge is 0.497 e. The molecule has 0 fully saturated rings. The molecule has 0 spiro atoms. The lowest BCUT2D eigenvalue weighted by Crippen LogP contribution is -2.56. The van der Waals surface area contributed by atoms with Crippen LogP contribution >= 0.6 is 94.8 Å². The highest BCUT2D eigenvalue weighted by molar-refractivity contribution is 9.11. The normalized spacial score (nSPS) is 12.1. The van der Waals surface area contributed by atoms with Gasteiger partial charge in [0.15, 0.2) is 5.11 Å². The van der Waals surface area contributed by atoms with Crippen molar-refractivity contribution in [3.05, 3.63) is 55.4 Å². The Morgan fingerprint density at radius 3 is 2.17 bits per heavy atom. The van der Waals surface area contributed by atoms with Gasteiger partial charge in [-0.25, -0.2) is 0 Å². The lowest BCUT2D eigenvalue weighted by molar-refractivity contribution is 0.0934. The highest BCUT2D eigenvalue weighted by Gasteiger charge is 2.35. The molecular formula is C17H13Br3Cl3N3O2S. The van der Waals surface area contributed by atoms with E-state index in [1.54, 1.807) is 43.5 Å². The van der Waals surface area contributed by atoms with E-state index >= 15 is 0 Å². The van der Waals surface area contributed by atoms with E-state index in [0.717, 1.165) is 0 Å². The van der Waals surface area contributed by atoms with Crippen LogP contribution in [0.2, 0.25) is 0 Å². The van der Waals surface area contributed by atoms with Gasteiger partial charge in [0.2, 0.25) is 3.79 Å². The van der Waals surface area contributed by atoms with Crippen molar-refractivity contribution in [3.8, 4) is 5.75 Å². The summed E-state index contributed by atoms with van der Waals surface area (Å²) in [5, 5.41) is 8.56. The molecule has 2 aromatic rings. The molecule has 29 heavy (non-hydrogen) atoms. The second-order valence-electron chi connectivity index (χ2n) is 5.49. The summed E-state index contributed by atoms with van der Waals surface area (Å²) < 4.78 is 5.31. The molecule has 0 radical (unpaired) electrons. The number of benzene rings is 2. The maximum atomic E-state index is 12.6. The first-order valence-corrected chi connectivity index (χ1v) is 11.7. The third kappa shape index (κ3) is 7.12. The molecule has 0 aromatic heterocycles. The molecule has 1 amide bonds. The molecule has 0 unspecified atom stereocenters. The Morgan fingerprint density at radius 2 is 1.66 bits per heavy atom. The van der Waals surface area contributed by atoms with Gasteiger partial charge in [0, 0.05) is 13.4 Å². The van der Waals surface area contributed by atoms with Gasteiger partial charge < -0.3 is 20.7 Å². The number of ether oxygens (including phenoxy) is 1. The van der Waals surface area contributed by atoms with Crippen LogP contribution in [0.5, 0.6) is 5.75 Å². The number of nitrogens with one attached hydrogen (secondary N) is 3. The summed E-state index contributed by atoms with van der Waals surface area (Å²) in [6.07, 6.45) is -1.11. The summed E-state index contributed by atoms with van der Waals surface area (Å²) in [6, 6.07) is 10.4. The third-order valence-corrected chi connectivity index (χ3v) is 6.30. The maximum absolute atomic E-state index is 12.6. The monoisotopic (exact) mass is 665 g/mol. The van der Waals surface area contributed by atoms with Crippen LogP contribution in [0.15, 0.2) is 49.8 Å². The highest BCUT2D eigenvalue weighted by atomic mass is 79.9. The number of thiocarbonyl (C=S) groups is 1. The van der Waals surface area contributed by atoms with Crippen LogP contribution in [0.1, 0.15) is 10.4 Å². The number of amides is 1. The minimum atomic E-state index is -1.88. The number of anilines is 1. The fourth-order valence-electron chi connectivity index (χ4n) is 2.12. The van der Waals surface area contributed by atoms with Crippen LogP contribution in [0.4, 0.5) is 5.69 Å². The van der Waals surface area contributed by atoms with Crippen molar-refractivity contribution in [2.45, 2.75) is 9.96 Å². The number of hydrogen-bond donors (Lipinski definition) is 3. The van der Waals surface area contributed by atoms with Gasteiger partial charge in [0.1, 0.15) is 11.9 Å². The van der Waals surface area contributed by atoms with Crippen molar-refractivity contribution >= 4 is 112 Å². The molecule has 156 valence electrons. The molecular weight excluding hydrogens is 656 g/mol. The fraction of sp³-hybridized carbons (Fsp3) is 0.176. The second-order valence-corrected chi connectivity index (χ2v) is 10.8. The van der Waals surface area contributed by atoms with E-state index in [4.69, 9.17) is 51.8 Å². The van der Waals surface area contributed by atoms with Crippen molar-refractivity contribution < 1.29 is 9.53 Å². The van der Waals surface area contributed by atoms with E-state index < -0.39 is 15.9 Å². The van der Waals surface area contributed by atoms with Gasteiger partial charge in [0.25, 0.3) is 5.91 Å². The summed E-state index contributed by atoms with van der Waals surface area (Å²) in [5.74, 6) is 0.198. The van der Waals surface area contributed by atoms with Gasteiger partial charge in [-0.05, 0) is 84.3 Å². The Kier molecular flexibility index (Phi) is 9.33. The zero-order valence-corrected chi connectivity index (χ0v) is 22.4. The molecule has 0 heterocycles. The Bertz CT molecular complexity index is 905. The minimum Gasteiger partial charge on any atom is -0.497 e. The summed E-state index contributed by atoms with van der Waals surface area (Å²) >= 11 is 33.6. The van der Waals surface area contributed by atoms with E-state index in [9.17, 15) is 4.79 Å². The molecule has 0 aliphatic carbocycles. The van der Waals surface area contributed by atoms with Gasteiger partial charge in [-0.3, -0.25) is 4.79 Å². The summed E-state index contributed by atoms with van der Waals surface area (Å²) in [7, 11) is 1.56. The molecule has 0 aliphatic heterocycles. The van der Waals surface area contributed by atoms with Gasteiger partial charge in [-0.15, -0.1) is 0 Å². The topological polar surface area (TPSA) is 62.4 Å². The Balaban J connectivity index is 2.16. The smallest absolute Gasteiger partial charge is 0.254 e.